The molecule has 0 saturated carbocycles. The van der Waals surface area contributed by atoms with Gasteiger partial charge in [-0.15, -0.1) is 0 Å². The Labute approximate surface area is 149 Å². The van der Waals surface area contributed by atoms with Crippen LogP contribution in [0.25, 0.3) is 0 Å². The van der Waals surface area contributed by atoms with E-state index in [9.17, 15) is 0 Å². The molecule has 0 aliphatic heterocycles. The number of hydrogen-bond acceptors (Lipinski definition) is 0. The largest absolute Gasteiger partial charge is 1.00 e. The Morgan fingerprint density at radius 1 is 0.435 bits per heavy atom. The van der Waals surface area contributed by atoms with E-state index in [1.165, 1.54) is 38.7 Å². The van der Waals surface area contributed by atoms with E-state index in [0.29, 0.717) is 0 Å². The highest BCUT2D eigenvalue weighted by Crippen LogP contribution is 2.16. The monoisotopic (exact) mass is 367 g/mol. The minimum atomic E-state index is 0. The van der Waals surface area contributed by atoms with Gasteiger partial charge >= 0.3 is 0 Å². The van der Waals surface area contributed by atoms with Crippen molar-refractivity contribution < 1.29 is 21.9 Å². The molecule has 3 aromatic rings. The second-order valence-corrected chi connectivity index (χ2v) is 5.97. The lowest BCUT2D eigenvalue weighted by atomic mass is 10.1. The van der Waals surface area contributed by atoms with Crippen LogP contribution in [0.3, 0.4) is 0 Å². The number of hydrogen-bond donors (Lipinski definition) is 1. The van der Waals surface area contributed by atoms with Crippen LogP contribution < -0.4 is 21.9 Å². The maximum Gasteiger partial charge on any atom is 0.141 e. The van der Waals surface area contributed by atoms with Gasteiger partial charge in [0.15, 0.2) is 0 Å². The maximum atomic E-state index is 2.21. The molecule has 118 valence electrons. The van der Waals surface area contributed by atoms with Crippen LogP contribution in [0.5, 0.6) is 0 Å². The summed E-state index contributed by atoms with van der Waals surface area (Å²) in [4.78, 5) is 1.29. The van der Waals surface area contributed by atoms with Crippen molar-refractivity contribution in [3.8, 4) is 0 Å². The van der Waals surface area contributed by atoms with Crippen LogP contribution in [0.15, 0.2) is 72.8 Å². The summed E-state index contributed by atoms with van der Waals surface area (Å²) in [6.07, 6.45) is 0. The van der Waals surface area contributed by atoms with E-state index >= 15 is 0 Å². The van der Waals surface area contributed by atoms with Gasteiger partial charge in [0.2, 0.25) is 0 Å². The highest BCUT2D eigenvalue weighted by Gasteiger charge is 2.18. The second-order valence-electron chi connectivity index (χ2n) is 5.97. The molecule has 2 heteroatoms. The first-order valence-corrected chi connectivity index (χ1v) is 7.71. The fourth-order valence-corrected chi connectivity index (χ4v) is 2.66. The Morgan fingerprint density at radius 3 is 0.870 bits per heavy atom. The Hall–Kier alpha value is -1.90. The lowest BCUT2D eigenvalue weighted by Crippen LogP contribution is -3.00. The van der Waals surface area contributed by atoms with Gasteiger partial charge in [0.25, 0.3) is 0 Å². The van der Waals surface area contributed by atoms with E-state index in [4.69, 9.17) is 0 Å². The van der Waals surface area contributed by atoms with Crippen LogP contribution in [0.4, 0.5) is 17.1 Å². The molecule has 0 saturated heterocycles. The first kappa shape index (κ1) is 17.5. The number of aryl methyl sites for hydroxylation is 3. The minimum absolute atomic E-state index is 0. The number of rotatable bonds is 3. The van der Waals surface area contributed by atoms with Gasteiger partial charge in [-0.2, -0.15) is 0 Å². The zero-order chi connectivity index (χ0) is 15.5. The van der Waals surface area contributed by atoms with Gasteiger partial charge in [0, 0.05) is 36.4 Å². The van der Waals surface area contributed by atoms with E-state index in [-0.39, 0.29) is 17.0 Å². The second kappa shape index (κ2) is 7.58. The third-order valence-corrected chi connectivity index (χ3v) is 4.02. The Balaban J connectivity index is 0.00000192. The van der Waals surface area contributed by atoms with Crippen molar-refractivity contribution in [2.24, 2.45) is 0 Å². The summed E-state index contributed by atoms with van der Waals surface area (Å²) in [6.45, 7) is 6.38. The van der Waals surface area contributed by atoms with E-state index in [2.05, 4.69) is 93.6 Å². The third kappa shape index (κ3) is 4.10. The summed E-state index contributed by atoms with van der Waals surface area (Å²) in [5.41, 5.74) is 7.65. The van der Waals surface area contributed by atoms with E-state index in [1.807, 2.05) is 0 Å². The van der Waals surface area contributed by atoms with Crippen molar-refractivity contribution in [2.45, 2.75) is 20.8 Å². The van der Waals surface area contributed by atoms with Gasteiger partial charge in [-0.3, -0.25) is 0 Å². The average Bonchev–Trinajstić information content (AvgIpc) is 2.53. The fraction of sp³-hybridized carbons (Fsp3) is 0.143. The number of quaternary nitrogens is 1. The van der Waals surface area contributed by atoms with Gasteiger partial charge in [-0.1, -0.05) is 53.1 Å². The molecule has 0 amide bonds. The Kier molecular flexibility index (Phi) is 5.75. The molecule has 0 fully saturated rings. The molecule has 23 heavy (non-hydrogen) atoms. The summed E-state index contributed by atoms with van der Waals surface area (Å²) in [5.74, 6) is 0. The summed E-state index contributed by atoms with van der Waals surface area (Å²) in [5, 5.41) is 0. The predicted octanol–water partition coefficient (Wildman–Crippen LogP) is 1.80. The average molecular weight is 368 g/mol. The van der Waals surface area contributed by atoms with Gasteiger partial charge in [0.1, 0.15) is 17.1 Å². The zero-order valence-electron chi connectivity index (χ0n) is 13.8. The molecule has 3 rings (SSSR count). The molecular weight excluding hydrogens is 346 g/mol. The molecule has 0 aliphatic carbocycles. The molecular formula is C21H22BrN. The molecule has 0 atom stereocenters. The van der Waals surface area contributed by atoms with Crippen molar-refractivity contribution in [1.29, 1.82) is 0 Å². The summed E-state index contributed by atoms with van der Waals surface area (Å²) in [7, 11) is 0. The zero-order valence-corrected chi connectivity index (χ0v) is 15.4. The van der Waals surface area contributed by atoms with Crippen molar-refractivity contribution >= 4 is 17.1 Å². The van der Waals surface area contributed by atoms with E-state index in [1.54, 1.807) is 0 Å². The highest BCUT2D eigenvalue weighted by molar-refractivity contribution is 5.47. The van der Waals surface area contributed by atoms with Crippen molar-refractivity contribution in [1.82, 2.24) is 0 Å². The van der Waals surface area contributed by atoms with Crippen LogP contribution in [0.1, 0.15) is 16.7 Å². The third-order valence-electron chi connectivity index (χ3n) is 4.02. The lowest BCUT2D eigenvalue weighted by molar-refractivity contribution is -0.681. The van der Waals surface area contributed by atoms with Crippen LogP contribution in [-0.2, 0) is 0 Å². The minimum Gasteiger partial charge on any atom is -1.00 e. The molecule has 0 heterocycles. The maximum absolute atomic E-state index is 2.21. The molecule has 0 aliphatic rings. The fourth-order valence-electron chi connectivity index (χ4n) is 2.66. The van der Waals surface area contributed by atoms with Gasteiger partial charge in [0.05, 0.1) is 0 Å². The smallest absolute Gasteiger partial charge is 0.141 e. The SMILES string of the molecule is Cc1ccc([NH+](c2ccc(C)cc2)c2ccc(C)cc2)cc1.[Br-]. The molecule has 0 unspecified atom stereocenters. The molecule has 0 spiro atoms. The molecule has 1 nitrogen and oxygen atoms in total. The van der Waals surface area contributed by atoms with Crippen LogP contribution >= 0.6 is 0 Å². The predicted molar refractivity (Wildman–Crippen MR) is 93.5 cm³/mol. The quantitative estimate of drug-likeness (QED) is 0.719. The Morgan fingerprint density at radius 2 is 0.652 bits per heavy atom. The first-order chi connectivity index (χ1) is 10.6. The van der Waals surface area contributed by atoms with Crippen LogP contribution in [0, 0.1) is 20.8 Å². The van der Waals surface area contributed by atoms with Gasteiger partial charge in [-0.05, 0) is 20.8 Å². The summed E-state index contributed by atoms with van der Waals surface area (Å²) < 4.78 is 0. The van der Waals surface area contributed by atoms with Crippen molar-refractivity contribution in [2.75, 3.05) is 0 Å². The summed E-state index contributed by atoms with van der Waals surface area (Å²) in [6, 6.07) is 26.3. The molecule has 1 N–H and O–H groups in total. The molecule has 3 aromatic carbocycles. The van der Waals surface area contributed by atoms with E-state index in [0.717, 1.165) is 0 Å². The van der Waals surface area contributed by atoms with Crippen molar-refractivity contribution in [3.05, 3.63) is 89.5 Å². The normalized spacial score (nSPS) is 10.4. The summed E-state index contributed by atoms with van der Waals surface area (Å²) >= 11 is 0. The first-order valence-electron chi connectivity index (χ1n) is 7.71. The number of benzene rings is 3. The van der Waals surface area contributed by atoms with Gasteiger partial charge in [-0.25, -0.2) is 4.90 Å². The number of nitrogens with one attached hydrogen (secondary N) is 1. The standard InChI is InChI=1S/C21H21N.BrH/c1-16-4-10-19(11-5-16)22(20-12-6-17(2)7-13-20)21-14-8-18(3)9-15-21;/h4-15H,1-3H3;1H. The molecule has 0 radical (unpaired) electrons. The van der Waals surface area contributed by atoms with Crippen LogP contribution in [-0.4, -0.2) is 0 Å². The Bertz CT molecular complexity index is 635. The number of halogens is 1. The van der Waals surface area contributed by atoms with Crippen LogP contribution in [0.2, 0.25) is 0 Å². The lowest BCUT2D eigenvalue weighted by Gasteiger charge is -2.19. The van der Waals surface area contributed by atoms with Crippen molar-refractivity contribution in [3.63, 3.8) is 0 Å². The molecule has 0 bridgehead atoms. The molecule has 0 aromatic heterocycles. The highest BCUT2D eigenvalue weighted by atomic mass is 79.9. The topological polar surface area (TPSA) is 4.44 Å². The van der Waals surface area contributed by atoms with E-state index < -0.39 is 0 Å². The van der Waals surface area contributed by atoms with Gasteiger partial charge < -0.3 is 17.0 Å².